The van der Waals surface area contributed by atoms with Crippen molar-refractivity contribution >= 4 is 5.91 Å². The molecule has 4 rings (SSSR count). The molecule has 0 saturated heterocycles. The van der Waals surface area contributed by atoms with Crippen LogP contribution in [0.5, 0.6) is 0 Å². The summed E-state index contributed by atoms with van der Waals surface area (Å²) in [6, 6.07) is 8.83. The second-order valence-electron chi connectivity index (χ2n) is 7.15. The molecule has 0 spiro atoms. The lowest BCUT2D eigenvalue weighted by Gasteiger charge is -2.26. The summed E-state index contributed by atoms with van der Waals surface area (Å²) in [6.07, 6.45) is 3.74. The second-order valence-corrected chi connectivity index (χ2v) is 7.15. The molecule has 1 N–H and O–H groups in total. The van der Waals surface area contributed by atoms with Crippen LogP contribution in [0.25, 0.3) is 0 Å². The van der Waals surface area contributed by atoms with Gasteiger partial charge in [0.05, 0.1) is 6.20 Å². The van der Waals surface area contributed by atoms with E-state index in [1.54, 1.807) is 0 Å². The Morgan fingerprint density at radius 3 is 2.83 bits per heavy atom. The maximum absolute atomic E-state index is 12.7. The van der Waals surface area contributed by atoms with E-state index >= 15 is 0 Å². The molecule has 4 heteroatoms. The zero-order valence-electron chi connectivity index (χ0n) is 13.7. The number of aromatic amines is 1. The zero-order valence-corrected chi connectivity index (χ0v) is 13.7. The number of H-pyrrole nitrogens is 1. The molecule has 1 fully saturated rings. The van der Waals surface area contributed by atoms with Crippen LogP contribution in [0.2, 0.25) is 0 Å². The Bertz CT molecular complexity index is 716. The first-order chi connectivity index (χ1) is 11.1. The predicted molar refractivity (Wildman–Crippen MR) is 89.1 cm³/mol. The number of rotatable bonds is 3. The lowest BCUT2D eigenvalue weighted by molar-refractivity contribution is -0.133. The van der Waals surface area contributed by atoms with E-state index in [0.29, 0.717) is 24.3 Å². The van der Waals surface area contributed by atoms with Gasteiger partial charge in [0.25, 0.3) is 0 Å². The van der Waals surface area contributed by atoms with Gasteiger partial charge in [-0.2, -0.15) is 5.10 Å². The van der Waals surface area contributed by atoms with Crippen LogP contribution < -0.4 is 0 Å². The topological polar surface area (TPSA) is 49.0 Å². The number of hydrogen-bond donors (Lipinski definition) is 1. The van der Waals surface area contributed by atoms with E-state index in [1.165, 1.54) is 22.4 Å². The van der Waals surface area contributed by atoms with E-state index in [2.05, 4.69) is 48.3 Å². The summed E-state index contributed by atoms with van der Waals surface area (Å²) in [5.74, 6) is 1.45. The first-order valence-corrected chi connectivity index (χ1v) is 8.53. The molecule has 2 atom stereocenters. The third kappa shape index (κ3) is 2.67. The number of fused-ring (bicyclic) bond motifs is 1. The summed E-state index contributed by atoms with van der Waals surface area (Å²) in [4.78, 5) is 14.8. The van der Waals surface area contributed by atoms with E-state index in [0.717, 1.165) is 19.4 Å². The van der Waals surface area contributed by atoms with Gasteiger partial charge in [-0.3, -0.25) is 9.89 Å². The van der Waals surface area contributed by atoms with Gasteiger partial charge in [0, 0.05) is 36.7 Å². The molecular weight excluding hydrogens is 286 g/mol. The SMILES string of the molecule is CC(C)c1ccc([C@H]2C[C@H]2C(=O)N2CCc3[nH]ncc3C2)cc1. The van der Waals surface area contributed by atoms with Crippen LogP contribution in [0, 0.1) is 5.92 Å². The van der Waals surface area contributed by atoms with E-state index in [4.69, 9.17) is 0 Å². The van der Waals surface area contributed by atoms with E-state index in [1.807, 2.05) is 11.1 Å². The monoisotopic (exact) mass is 309 g/mol. The highest BCUT2D eigenvalue weighted by atomic mass is 16.2. The number of carbonyl (C=O) groups is 1. The van der Waals surface area contributed by atoms with Crippen molar-refractivity contribution in [3.05, 3.63) is 52.8 Å². The molecule has 2 heterocycles. The maximum Gasteiger partial charge on any atom is 0.226 e. The Morgan fingerprint density at radius 1 is 1.30 bits per heavy atom. The molecule has 0 unspecified atom stereocenters. The molecule has 0 radical (unpaired) electrons. The normalized spacial score (nSPS) is 23.0. The summed E-state index contributed by atoms with van der Waals surface area (Å²) in [5.41, 5.74) is 5.03. The molecule has 2 aliphatic rings. The van der Waals surface area contributed by atoms with Crippen LogP contribution in [0.1, 0.15) is 54.5 Å². The average Bonchev–Trinajstić information content (AvgIpc) is 3.23. The van der Waals surface area contributed by atoms with Crippen molar-refractivity contribution in [1.82, 2.24) is 15.1 Å². The van der Waals surface area contributed by atoms with Crippen molar-refractivity contribution in [2.24, 2.45) is 5.92 Å². The Hall–Kier alpha value is -2.10. The van der Waals surface area contributed by atoms with Crippen molar-refractivity contribution in [2.75, 3.05) is 6.54 Å². The van der Waals surface area contributed by atoms with E-state index in [-0.39, 0.29) is 5.92 Å². The summed E-state index contributed by atoms with van der Waals surface area (Å²) in [6.45, 7) is 5.93. The van der Waals surface area contributed by atoms with Gasteiger partial charge >= 0.3 is 0 Å². The van der Waals surface area contributed by atoms with Gasteiger partial charge in [-0.25, -0.2) is 0 Å². The number of amides is 1. The maximum atomic E-state index is 12.7. The van der Waals surface area contributed by atoms with Crippen molar-refractivity contribution in [1.29, 1.82) is 0 Å². The van der Waals surface area contributed by atoms with Gasteiger partial charge in [0.1, 0.15) is 0 Å². The molecule has 120 valence electrons. The van der Waals surface area contributed by atoms with Gasteiger partial charge in [-0.05, 0) is 29.4 Å². The number of nitrogens with one attached hydrogen (secondary N) is 1. The fourth-order valence-corrected chi connectivity index (χ4v) is 3.61. The molecule has 0 bridgehead atoms. The van der Waals surface area contributed by atoms with Crippen molar-refractivity contribution in [3.8, 4) is 0 Å². The minimum Gasteiger partial charge on any atom is -0.338 e. The van der Waals surface area contributed by atoms with Crippen molar-refractivity contribution in [2.45, 2.75) is 45.1 Å². The van der Waals surface area contributed by atoms with E-state index < -0.39 is 0 Å². The smallest absolute Gasteiger partial charge is 0.226 e. The van der Waals surface area contributed by atoms with Gasteiger partial charge in [-0.15, -0.1) is 0 Å². The van der Waals surface area contributed by atoms with Gasteiger partial charge in [0.15, 0.2) is 0 Å². The fraction of sp³-hybridized carbons (Fsp3) is 0.474. The highest BCUT2D eigenvalue weighted by Gasteiger charge is 2.46. The highest BCUT2D eigenvalue weighted by Crippen LogP contribution is 2.49. The van der Waals surface area contributed by atoms with E-state index in [9.17, 15) is 4.79 Å². The van der Waals surface area contributed by atoms with Crippen molar-refractivity contribution in [3.63, 3.8) is 0 Å². The lowest BCUT2D eigenvalue weighted by Crippen LogP contribution is -2.36. The van der Waals surface area contributed by atoms with Crippen LogP contribution >= 0.6 is 0 Å². The number of benzene rings is 1. The fourth-order valence-electron chi connectivity index (χ4n) is 3.61. The van der Waals surface area contributed by atoms with Crippen LogP contribution in [0.3, 0.4) is 0 Å². The Balaban J connectivity index is 1.42. The van der Waals surface area contributed by atoms with Crippen LogP contribution in [-0.2, 0) is 17.8 Å². The molecule has 1 aromatic heterocycles. The average molecular weight is 309 g/mol. The second kappa shape index (κ2) is 5.52. The molecule has 4 nitrogen and oxygen atoms in total. The third-order valence-corrected chi connectivity index (χ3v) is 5.25. The summed E-state index contributed by atoms with van der Waals surface area (Å²) in [5, 5.41) is 7.10. The van der Waals surface area contributed by atoms with Gasteiger partial charge < -0.3 is 4.90 Å². The Labute approximate surface area is 136 Å². The first-order valence-electron chi connectivity index (χ1n) is 8.53. The summed E-state index contributed by atoms with van der Waals surface area (Å²) < 4.78 is 0. The molecule has 1 aliphatic carbocycles. The number of nitrogens with zero attached hydrogens (tertiary/aromatic N) is 2. The molecule has 1 aromatic carbocycles. The molecule has 1 amide bonds. The predicted octanol–water partition coefficient (Wildman–Crippen LogP) is 3.22. The van der Waals surface area contributed by atoms with Crippen LogP contribution in [0.4, 0.5) is 0 Å². The van der Waals surface area contributed by atoms with Gasteiger partial charge in [0.2, 0.25) is 5.91 Å². The minimum absolute atomic E-state index is 0.174. The largest absolute Gasteiger partial charge is 0.338 e. The molecule has 23 heavy (non-hydrogen) atoms. The van der Waals surface area contributed by atoms with Crippen LogP contribution in [0.15, 0.2) is 30.5 Å². The number of carbonyl (C=O) groups excluding carboxylic acids is 1. The van der Waals surface area contributed by atoms with Crippen LogP contribution in [-0.4, -0.2) is 27.5 Å². The zero-order chi connectivity index (χ0) is 16.0. The molecule has 1 saturated carbocycles. The summed E-state index contributed by atoms with van der Waals surface area (Å²) in [7, 11) is 0. The molecule has 2 aromatic rings. The summed E-state index contributed by atoms with van der Waals surface area (Å²) >= 11 is 0. The molecular formula is C19H23N3O. The standard InChI is InChI=1S/C19H23N3O/c1-12(2)13-3-5-14(6-4-13)16-9-17(16)19(23)22-8-7-18-15(11-22)10-20-21-18/h3-6,10,12,16-17H,7-9,11H2,1-2H3,(H,20,21)/t16-,17-/m1/s1. The highest BCUT2D eigenvalue weighted by molar-refractivity contribution is 5.83. The third-order valence-electron chi connectivity index (χ3n) is 5.25. The minimum atomic E-state index is 0.174. The lowest BCUT2D eigenvalue weighted by atomic mass is 9.99. The first kappa shape index (κ1) is 14.5. The van der Waals surface area contributed by atoms with Gasteiger partial charge in [-0.1, -0.05) is 38.1 Å². The molecule has 1 aliphatic heterocycles. The number of aromatic nitrogens is 2. The quantitative estimate of drug-likeness (QED) is 0.946. The number of hydrogen-bond acceptors (Lipinski definition) is 2. The Morgan fingerprint density at radius 2 is 2.09 bits per heavy atom. The Kier molecular flexibility index (Phi) is 3.47. The van der Waals surface area contributed by atoms with Crippen molar-refractivity contribution < 1.29 is 4.79 Å².